The zero-order chi connectivity index (χ0) is 24.6. The Balaban J connectivity index is 1.46. The van der Waals surface area contributed by atoms with Gasteiger partial charge in [0.05, 0.1) is 4.92 Å². The fourth-order valence-corrected chi connectivity index (χ4v) is 5.02. The maximum Gasteiger partial charge on any atom is 0.269 e. The van der Waals surface area contributed by atoms with Crippen molar-refractivity contribution in [3.8, 4) is 0 Å². The summed E-state index contributed by atoms with van der Waals surface area (Å²) in [7, 11) is 0. The molecule has 180 valence electrons. The van der Waals surface area contributed by atoms with Gasteiger partial charge in [0.15, 0.2) is 5.11 Å². The Labute approximate surface area is 215 Å². The second kappa shape index (κ2) is 9.69. The first-order valence-corrected chi connectivity index (χ1v) is 11.9. The molecule has 2 aliphatic heterocycles. The number of amides is 1. The predicted octanol–water partition coefficient (Wildman–Crippen LogP) is 3.18. The zero-order valence-electron chi connectivity index (χ0n) is 17.6. The van der Waals surface area contributed by atoms with Crippen molar-refractivity contribution in [3.63, 3.8) is 0 Å². The number of likely N-dealkylation sites (tertiary alicyclic amines) is 1. The van der Waals surface area contributed by atoms with Gasteiger partial charge in [0.25, 0.3) is 17.2 Å². The van der Waals surface area contributed by atoms with Crippen molar-refractivity contribution in [1.29, 1.82) is 0 Å². The summed E-state index contributed by atoms with van der Waals surface area (Å²) in [5, 5.41) is 16.7. The third-order valence-corrected chi connectivity index (χ3v) is 7.01. The first-order chi connectivity index (χ1) is 16.0. The van der Waals surface area contributed by atoms with E-state index in [2.05, 4.69) is 10.6 Å². The summed E-state index contributed by atoms with van der Waals surface area (Å²) in [6.45, 7) is 1.80. The average Bonchev–Trinajstić information content (AvgIpc) is 2.78. The largest absolute Gasteiger partial charge is 0.348 e. The number of hydrogen-bond acceptors (Lipinski definition) is 5. The number of nitro benzene ring substituents is 1. The number of carbonyl (C=O) groups excluding carboxylic acids is 1. The molecular formula is C21H20Cl3N5O4S. The molecule has 13 heteroatoms. The number of alkyl halides is 3. The van der Waals surface area contributed by atoms with Crippen LogP contribution in [0.15, 0.2) is 47.3 Å². The highest BCUT2D eigenvalue weighted by molar-refractivity contribution is 7.80. The van der Waals surface area contributed by atoms with Crippen LogP contribution in [0.25, 0.3) is 0 Å². The molecule has 2 aromatic rings. The lowest BCUT2D eigenvalue weighted by atomic mass is 9.83. The second-order valence-corrected chi connectivity index (χ2v) is 11.1. The maximum atomic E-state index is 12.7. The van der Waals surface area contributed by atoms with Gasteiger partial charge in [0, 0.05) is 55.0 Å². The van der Waals surface area contributed by atoms with Gasteiger partial charge in [-0.15, -0.1) is 0 Å². The van der Waals surface area contributed by atoms with Crippen LogP contribution in [0.2, 0.25) is 0 Å². The smallest absolute Gasteiger partial charge is 0.269 e. The third-order valence-electron chi connectivity index (χ3n) is 5.98. The second-order valence-electron chi connectivity index (χ2n) is 8.30. The number of aromatic nitrogens is 1. The molecule has 2 bridgehead atoms. The Kier molecular flexibility index (Phi) is 7.04. The van der Waals surface area contributed by atoms with Crippen LogP contribution in [-0.2, 0) is 6.54 Å². The van der Waals surface area contributed by atoms with Crippen molar-refractivity contribution in [1.82, 2.24) is 20.1 Å². The summed E-state index contributed by atoms with van der Waals surface area (Å²) in [6.07, 6.45) is -0.211. The summed E-state index contributed by atoms with van der Waals surface area (Å²) < 4.78 is -0.118. The van der Waals surface area contributed by atoms with E-state index in [9.17, 15) is 19.7 Å². The number of non-ortho nitro benzene ring substituents is 1. The average molecular weight is 545 g/mol. The fourth-order valence-electron chi connectivity index (χ4n) is 4.43. The molecule has 1 aromatic heterocycles. The molecular weight excluding hydrogens is 525 g/mol. The normalized spacial score (nSPS) is 20.1. The Hall–Kier alpha value is -2.40. The number of nitrogens with one attached hydrogen (secondary N) is 2. The number of pyridine rings is 1. The van der Waals surface area contributed by atoms with E-state index in [1.54, 1.807) is 12.1 Å². The minimum Gasteiger partial charge on any atom is -0.348 e. The molecule has 1 fully saturated rings. The summed E-state index contributed by atoms with van der Waals surface area (Å²) in [4.78, 5) is 37.1. The Bertz CT molecular complexity index is 1180. The van der Waals surface area contributed by atoms with Gasteiger partial charge in [0.1, 0.15) is 6.17 Å². The molecule has 0 aliphatic carbocycles. The van der Waals surface area contributed by atoms with Gasteiger partial charge in [0.2, 0.25) is 3.79 Å². The quantitative estimate of drug-likeness (QED) is 0.200. The van der Waals surface area contributed by atoms with Crippen LogP contribution in [0.5, 0.6) is 0 Å². The monoisotopic (exact) mass is 543 g/mol. The van der Waals surface area contributed by atoms with Gasteiger partial charge < -0.3 is 20.1 Å². The Morgan fingerprint density at radius 1 is 1.12 bits per heavy atom. The fraction of sp³-hybridized carbons (Fsp3) is 0.381. The van der Waals surface area contributed by atoms with Crippen molar-refractivity contribution in [2.45, 2.75) is 28.8 Å². The Morgan fingerprint density at radius 3 is 2.47 bits per heavy atom. The number of carbonyl (C=O) groups is 1. The van der Waals surface area contributed by atoms with Crippen molar-refractivity contribution >= 4 is 63.7 Å². The molecule has 2 N–H and O–H groups in total. The molecule has 1 amide bonds. The lowest BCUT2D eigenvalue weighted by Crippen LogP contribution is -2.60. The highest BCUT2D eigenvalue weighted by Gasteiger charge is 2.39. The number of halogens is 3. The summed E-state index contributed by atoms with van der Waals surface area (Å²) in [5.74, 6) is -0.237. The lowest BCUT2D eigenvalue weighted by molar-refractivity contribution is -0.384. The minimum absolute atomic E-state index is 0.00780. The molecule has 9 nitrogen and oxygen atoms in total. The molecule has 0 radical (unpaired) electrons. The van der Waals surface area contributed by atoms with Gasteiger partial charge in [-0.2, -0.15) is 0 Å². The number of benzene rings is 1. The SMILES string of the molecule is O=C(NC(NC(=S)N1C[C@@H]2C[C@@H](C1)c1cccc(=O)n1C2)C(Cl)(Cl)Cl)c1ccc([N+](=O)[O-])cc1. The van der Waals surface area contributed by atoms with Crippen LogP contribution in [-0.4, -0.2) is 48.5 Å². The zero-order valence-corrected chi connectivity index (χ0v) is 20.7. The molecule has 0 saturated carbocycles. The van der Waals surface area contributed by atoms with Crippen LogP contribution in [0.1, 0.15) is 28.4 Å². The van der Waals surface area contributed by atoms with E-state index < -0.39 is 20.8 Å². The minimum atomic E-state index is -1.94. The highest BCUT2D eigenvalue weighted by Crippen LogP contribution is 2.35. The summed E-state index contributed by atoms with van der Waals surface area (Å²) in [6, 6.07) is 10.3. The van der Waals surface area contributed by atoms with Crippen molar-refractivity contribution in [2.24, 2.45) is 5.92 Å². The molecule has 1 unspecified atom stereocenters. The summed E-state index contributed by atoms with van der Waals surface area (Å²) >= 11 is 23.9. The van der Waals surface area contributed by atoms with Crippen molar-refractivity contribution in [3.05, 3.63) is 74.2 Å². The van der Waals surface area contributed by atoms with Crippen LogP contribution >= 0.6 is 47.0 Å². The number of fused-ring (bicyclic) bond motifs is 4. The highest BCUT2D eigenvalue weighted by atomic mass is 35.6. The lowest BCUT2D eigenvalue weighted by Gasteiger charge is -2.44. The van der Waals surface area contributed by atoms with E-state index in [1.165, 1.54) is 24.3 Å². The van der Waals surface area contributed by atoms with E-state index in [-0.39, 0.29) is 28.6 Å². The number of thiocarbonyl (C=S) groups is 1. The predicted molar refractivity (Wildman–Crippen MR) is 133 cm³/mol. The first-order valence-electron chi connectivity index (χ1n) is 10.4. The van der Waals surface area contributed by atoms with Gasteiger partial charge in [-0.1, -0.05) is 40.9 Å². The molecule has 0 spiro atoms. The summed E-state index contributed by atoms with van der Waals surface area (Å²) in [5.41, 5.74) is 0.979. The van der Waals surface area contributed by atoms with Gasteiger partial charge in [-0.05, 0) is 42.8 Å². The van der Waals surface area contributed by atoms with Crippen molar-refractivity contribution in [2.75, 3.05) is 13.1 Å². The first kappa shape index (κ1) is 24.7. The standard InChI is InChI=1S/C21H20Cl3N5O4S/c22-21(23,24)19(25-18(31)13-4-6-15(7-5-13)29(32)33)26-20(34)27-9-12-8-14(11-27)16-2-1-3-17(30)28(16)10-12/h1-7,12,14,19H,8-11H2,(H,25,31)(H,26,34)/t12-,14-,19?/m0/s1. The number of hydrogen-bond donors (Lipinski definition) is 2. The van der Waals surface area contributed by atoms with Crippen molar-refractivity contribution < 1.29 is 9.72 Å². The van der Waals surface area contributed by atoms with Crippen LogP contribution in [0, 0.1) is 16.0 Å². The maximum absolute atomic E-state index is 12.7. The van der Waals surface area contributed by atoms with Gasteiger partial charge >= 0.3 is 0 Å². The molecule has 4 rings (SSSR count). The number of nitrogens with zero attached hydrogens (tertiary/aromatic N) is 3. The molecule has 1 saturated heterocycles. The molecule has 3 atom stereocenters. The van der Waals surface area contributed by atoms with E-state index in [4.69, 9.17) is 47.0 Å². The van der Waals surface area contributed by atoms with E-state index >= 15 is 0 Å². The third kappa shape index (κ3) is 5.30. The van der Waals surface area contributed by atoms with Crippen LogP contribution in [0.4, 0.5) is 5.69 Å². The van der Waals surface area contributed by atoms with E-state index in [0.29, 0.717) is 24.7 Å². The molecule has 34 heavy (non-hydrogen) atoms. The van der Waals surface area contributed by atoms with E-state index in [0.717, 1.165) is 12.1 Å². The van der Waals surface area contributed by atoms with Gasteiger partial charge in [-0.3, -0.25) is 19.7 Å². The number of rotatable bonds is 4. The van der Waals surface area contributed by atoms with Crippen LogP contribution in [0.3, 0.4) is 0 Å². The number of piperidine rings is 1. The van der Waals surface area contributed by atoms with Crippen LogP contribution < -0.4 is 16.2 Å². The topological polar surface area (TPSA) is 110 Å². The Morgan fingerprint density at radius 2 is 1.82 bits per heavy atom. The van der Waals surface area contributed by atoms with E-state index in [1.807, 2.05) is 15.5 Å². The molecule has 3 heterocycles. The molecule has 1 aromatic carbocycles. The molecule has 2 aliphatic rings. The van der Waals surface area contributed by atoms with Gasteiger partial charge in [-0.25, -0.2) is 0 Å². The number of nitro groups is 1.